The number of aromatic nitrogens is 1. The van der Waals surface area contributed by atoms with Crippen molar-refractivity contribution in [3.05, 3.63) is 53.5 Å². The Morgan fingerprint density at radius 2 is 1.92 bits per heavy atom. The number of carbonyl (C=O) groups excluding carboxylic acids is 2. The van der Waals surface area contributed by atoms with E-state index in [2.05, 4.69) is 4.98 Å². The van der Waals surface area contributed by atoms with Gasteiger partial charge < -0.3 is 9.80 Å². The zero-order valence-corrected chi connectivity index (χ0v) is 14.8. The van der Waals surface area contributed by atoms with Crippen molar-refractivity contribution < 1.29 is 9.59 Å². The Bertz CT molecular complexity index is 981. The highest BCUT2D eigenvalue weighted by molar-refractivity contribution is 7.16. The zero-order chi connectivity index (χ0) is 17.6. The number of carbonyl (C=O) groups is 2. The summed E-state index contributed by atoms with van der Waals surface area (Å²) in [4.78, 5) is 33.0. The fourth-order valence-electron chi connectivity index (χ4n) is 3.39. The van der Waals surface area contributed by atoms with E-state index in [9.17, 15) is 9.59 Å². The first-order valence-corrected chi connectivity index (χ1v) is 8.98. The lowest BCUT2D eigenvalue weighted by Crippen LogP contribution is -2.51. The second kappa shape index (κ2) is 5.97. The summed E-state index contributed by atoms with van der Waals surface area (Å²) in [6, 6.07) is 13.1. The number of rotatable bonds is 1. The molecule has 0 unspecified atom stereocenters. The number of benzene rings is 2. The highest BCUT2D eigenvalue weighted by Gasteiger charge is 2.33. The molecule has 1 aromatic heterocycles. The molecule has 1 atom stereocenters. The van der Waals surface area contributed by atoms with Gasteiger partial charge in [0.2, 0.25) is 5.91 Å². The number of anilines is 2. The van der Waals surface area contributed by atoms with Crippen LogP contribution in [0.2, 0.25) is 0 Å². The summed E-state index contributed by atoms with van der Waals surface area (Å²) in [5.41, 5.74) is 4.86. The van der Waals surface area contributed by atoms with E-state index in [4.69, 9.17) is 0 Å². The summed E-state index contributed by atoms with van der Waals surface area (Å²) in [5.74, 6) is -0.0732. The molecule has 1 aliphatic rings. The monoisotopic (exact) mass is 351 g/mol. The number of thiazole rings is 1. The van der Waals surface area contributed by atoms with Crippen LogP contribution in [0.5, 0.6) is 0 Å². The van der Waals surface area contributed by atoms with Crippen LogP contribution in [-0.4, -0.2) is 29.4 Å². The van der Waals surface area contributed by atoms with Crippen molar-refractivity contribution in [1.29, 1.82) is 0 Å². The van der Waals surface area contributed by atoms with Crippen LogP contribution >= 0.6 is 11.3 Å². The smallest absolute Gasteiger partial charge is 0.258 e. The van der Waals surface area contributed by atoms with E-state index in [-0.39, 0.29) is 17.9 Å². The van der Waals surface area contributed by atoms with Gasteiger partial charge in [-0.1, -0.05) is 12.1 Å². The summed E-state index contributed by atoms with van der Waals surface area (Å²) in [6.45, 7) is 3.99. The molecule has 5 nitrogen and oxygen atoms in total. The molecular formula is C19H17N3O2S. The summed E-state index contributed by atoms with van der Waals surface area (Å²) in [7, 11) is 0. The normalized spacial score (nSPS) is 16.8. The number of hydrogen-bond donors (Lipinski definition) is 0. The largest absolute Gasteiger partial charge is 0.306 e. The van der Waals surface area contributed by atoms with Crippen LogP contribution in [0.3, 0.4) is 0 Å². The number of hydrogen-bond acceptors (Lipinski definition) is 4. The van der Waals surface area contributed by atoms with Gasteiger partial charge in [-0.2, -0.15) is 0 Å². The van der Waals surface area contributed by atoms with Gasteiger partial charge in [0.05, 0.1) is 33.1 Å². The van der Waals surface area contributed by atoms with Crippen molar-refractivity contribution in [2.75, 3.05) is 16.3 Å². The van der Waals surface area contributed by atoms with E-state index < -0.39 is 0 Å². The number of fused-ring (bicyclic) bond motifs is 2. The summed E-state index contributed by atoms with van der Waals surface area (Å²) < 4.78 is 0.995. The average Bonchev–Trinajstić information content (AvgIpc) is 3.07. The van der Waals surface area contributed by atoms with E-state index >= 15 is 0 Å². The fraction of sp³-hybridized carbons (Fsp3) is 0.211. The highest BCUT2D eigenvalue weighted by atomic mass is 32.1. The molecule has 25 heavy (non-hydrogen) atoms. The van der Waals surface area contributed by atoms with Crippen molar-refractivity contribution in [1.82, 2.24) is 4.98 Å². The van der Waals surface area contributed by atoms with Crippen molar-refractivity contribution in [2.45, 2.75) is 19.9 Å². The van der Waals surface area contributed by atoms with Crippen molar-refractivity contribution >= 4 is 44.7 Å². The fourth-order valence-corrected chi connectivity index (χ4v) is 4.11. The van der Waals surface area contributed by atoms with E-state index in [1.807, 2.05) is 49.4 Å². The molecule has 0 aliphatic carbocycles. The van der Waals surface area contributed by atoms with Crippen LogP contribution in [-0.2, 0) is 4.79 Å². The second-order valence-electron chi connectivity index (χ2n) is 6.18. The van der Waals surface area contributed by atoms with Crippen LogP contribution in [0.4, 0.5) is 11.4 Å². The Hall–Kier alpha value is -2.73. The Morgan fingerprint density at radius 1 is 1.16 bits per heavy atom. The topological polar surface area (TPSA) is 53.5 Å². The van der Waals surface area contributed by atoms with Crippen molar-refractivity contribution in [2.24, 2.45) is 0 Å². The Kier molecular flexibility index (Phi) is 3.77. The van der Waals surface area contributed by atoms with Gasteiger partial charge >= 0.3 is 0 Å². The van der Waals surface area contributed by atoms with Gasteiger partial charge in [0.1, 0.15) is 0 Å². The minimum Gasteiger partial charge on any atom is -0.306 e. The molecule has 0 fully saturated rings. The molecule has 3 aromatic rings. The summed E-state index contributed by atoms with van der Waals surface area (Å²) in [5, 5.41) is 0. The molecular weight excluding hydrogens is 334 g/mol. The van der Waals surface area contributed by atoms with E-state index in [0.717, 1.165) is 21.6 Å². The third-order valence-electron chi connectivity index (χ3n) is 4.48. The van der Waals surface area contributed by atoms with Gasteiger partial charge in [0, 0.05) is 19.0 Å². The average molecular weight is 351 g/mol. The Morgan fingerprint density at radius 3 is 2.68 bits per heavy atom. The maximum atomic E-state index is 13.2. The van der Waals surface area contributed by atoms with Gasteiger partial charge in [-0.25, -0.2) is 4.98 Å². The Balaban J connectivity index is 1.77. The predicted octanol–water partition coefficient (Wildman–Crippen LogP) is 3.70. The first-order chi connectivity index (χ1) is 12.1. The quantitative estimate of drug-likeness (QED) is 0.672. The summed E-state index contributed by atoms with van der Waals surface area (Å²) >= 11 is 1.52. The lowest BCUT2D eigenvalue weighted by molar-refractivity contribution is -0.117. The molecule has 1 aliphatic heterocycles. The minimum absolute atomic E-state index is 0.0156. The number of para-hydroxylation sites is 2. The third-order valence-corrected chi connectivity index (χ3v) is 5.27. The molecule has 0 bridgehead atoms. The first-order valence-electron chi connectivity index (χ1n) is 8.10. The molecule has 0 saturated heterocycles. The molecule has 0 radical (unpaired) electrons. The standard InChI is InChI=1S/C19H17N3O2S/c1-12-10-21(16-5-3-4-6-17(16)22(12)13(2)23)19(24)14-7-8-15-18(9-14)25-11-20-15/h3-9,11-12H,10H2,1-2H3/t12-/m0/s1. The maximum Gasteiger partial charge on any atom is 0.258 e. The van der Waals surface area contributed by atoms with E-state index in [1.54, 1.807) is 22.2 Å². The molecule has 0 N–H and O–H groups in total. The lowest BCUT2D eigenvalue weighted by Gasteiger charge is -2.40. The van der Waals surface area contributed by atoms with Gasteiger partial charge in [-0.05, 0) is 37.3 Å². The van der Waals surface area contributed by atoms with Gasteiger partial charge in [0.25, 0.3) is 5.91 Å². The molecule has 2 heterocycles. The van der Waals surface area contributed by atoms with Crippen LogP contribution < -0.4 is 9.80 Å². The number of amides is 2. The number of nitrogens with zero attached hydrogens (tertiary/aromatic N) is 3. The molecule has 0 saturated carbocycles. The molecule has 2 amide bonds. The lowest BCUT2D eigenvalue weighted by atomic mass is 10.1. The molecule has 6 heteroatoms. The summed E-state index contributed by atoms with van der Waals surface area (Å²) in [6.07, 6.45) is 0. The van der Waals surface area contributed by atoms with Gasteiger partial charge in [-0.3, -0.25) is 9.59 Å². The van der Waals surface area contributed by atoms with E-state index in [1.165, 1.54) is 11.3 Å². The first kappa shape index (κ1) is 15.8. The van der Waals surface area contributed by atoms with Crippen molar-refractivity contribution in [3.8, 4) is 0 Å². The minimum atomic E-state index is -0.0801. The van der Waals surface area contributed by atoms with Crippen LogP contribution in [0.25, 0.3) is 10.2 Å². The second-order valence-corrected chi connectivity index (χ2v) is 7.06. The highest BCUT2D eigenvalue weighted by Crippen LogP contribution is 2.36. The van der Waals surface area contributed by atoms with E-state index in [0.29, 0.717) is 12.1 Å². The van der Waals surface area contributed by atoms with Gasteiger partial charge in [0.15, 0.2) is 0 Å². The SMILES string of the molecule is CC(=O)N1c2ccccc2N(C(=O)c2ccc3ncsc3c2)C[C@@H]1C. The third kappa shape index (κ3) is 2.59. The molecule has 126 valence electrons. The maximum absolute atomic E-state index is 13.2. The van der Waals surface area contributed by atoms with Crippen molar-refractivity contribution in [3.63, 3.8) is 0 Å². The van der Waals surface area contributed by atoms with Crippen LogP contribution in [0.15, 0.2) is 48.0 Å². The van der Waals surface area contributed by atoms with Gasteiger partial charge in [-0.15, -0.1) is 11.3 Å². The molecule has 0 spiro atoms. The van der Waals surface area contributed by atoms with Crippen LogP contribution in [0.1, 0.15) is 24.2 Å². The predicted molar refractivity (Wildman–Crippen MR) is 100 cm³/mol. The van der Waals surface area contributed by atoms with Crippen LogP contribution in [0, 0.1) is 0 Å². The molecule has 2 aromatic carbocycles. The zero-order valence-electron chi connectivity index (χ0n) is 14.0. The Labute approximate surface area is 149 Å². The molecule has 4 rings (SSSR count).